The van der Waals surface area contributed by atoms with Crippen LogP contribution in [0.25, 0.3) is 0 Å². The number of carbonyl (C=O) groups is 1. The van der Waals surface area contributed by atoms with Gasteiger partial charge >= 0.3 is 0 Å². The Labute approximate surface area is 127 Å². The van der Waals surface area contributed by atoms with Gasteiger partial charge in [-0.25, -0.2) is 0 Å². The lowest BCUT2D eigenvalue weighted by molar-refractivity contribution is -0.124. The zero-order valence-corrected chi connectivity index (χ0v) is 13.2. The van der Waals surface area contributed by atoms with Crippen molar-refractivity contribution >= 4 is 5.91 Å². The number of rotatable bonds is 3. The van der Waals surface area contributed by atoms with Crippen molar-refractivity contribution in [1.82, 2.24) is 5.32 Å². The van der Waals surface area contributed by atoms with Gasteiger partial charge in [-0.2, -0.15) is 0 Å². The molecule has 2 bridgehead atoms. The third-order valence-electron chi connectivity index (χ3n) is 6.55. The van der Waals surface area contributed by atoms with Gasteiger partial charge < -0.3 is 11.1 Å². The van der Waals surface area contributed by atoms with E-state index in [1.54, 1.807) is 0 Å². The van der Waals surface area contributed by atoms with Gasteiger partial charge in [-0.15, -0.1) is 0 Å². The fourth-order valence-corrected chi connectivity index (χ4v) is 4.50. The van der Waals surface area contributed by atoms with Crippen molar-refractivity contribution in [1.29, 1.82) is 0 Å². The molecule has 1 aromatic rings. The highest BCUT2D eigenvalue weighted by Crippen LogP contribution is 2.65. The van der Waals surface area contributed by atoms with E-state index in [0.717, 1.165) is 17.9 Å². The zero-order valence-electron chi connectivity index (χ0n) is 13.2. The van der Waals surface area contributed by atoms with Crippen LogP contribution in [0.4, 0.5) is 0 Å². The van der Waals surface area contributed by atoms with Gasteiger partial charge in [0.1, 0.15) is 6.04 Å². The van der Waals surface area contributed by atoms with Gasteiger partial charge in [-0.3, -0.25) is 4.79 Å². The van der Waals surface area contributed by atoms with Gasteiger partial charge in [-0.1, -0.05) is 51.1 Å². The summed E-state index contributed by atoms with van der Waals surface area (Å²) < 4.78 is 0. The van der Waals surface area contributed by atoms with Crippen LogP contribution >= 0.6 is 0 Å². The van der Waals surface area contributed by atoms with Crippen molar-refractivity contribution in [2.24, 2.45) is 22.5 Å². The number of nitrogens with two attached hydrogens (primary N) is 1. The van der Waals surface area contributed by atoms with Crippen LogP contribution in [0.3, 0.4) is 0 Å². The summed E-state index contributed by atoms with van der Waals surface area (Å²) in [6, 6.07) is 9.29. The van der Waals surface area contributed by atoms with Crippen LogP contribution in [0.2, 0.25) is 0 Å². The van der Waals surface area contributed by atoms with Crippen LogP contribution in [0.15, 0.2) is 30.3 Å². The number of hydrogen-bond donors (Lipinski definition) is 2. The molecule has 0 aromatic heterocycles. The standard InChI is InChI=1S/C18H26N2O/c1-17(2)13-9-10-18(17,3)14(11-13)20-16(21)15(19)12-7-5-4-6-8-12/h4-8,13-15H,9-11,19H2,1-3H3,(H,20,21). The van der Waals surface area contributed by atoms with Gasteiger partial charge in [0.25, 0.3) is 0 Å². The van der Waals surface area contributed by atoms with Crippen molar-refractivity contribution < 1.29 is 4.79 Å². The summed E-state index contributed by atoms with van der Waals surface area (Å²) in [6.07, 6.45) is 3.59. The van der Waals surface area contributed by atoms with Gasteiger partial charge in [0, 0.05) is 6.04 Å². The number of carbonyl (C=O) groups excluding carboxylic acids is 1. The van der Waals surface area contributed by atoms with E-state index in [2.05, 4.69) is 26.1 Å². The molecular weight excluding hydrogens is 260 g/mol. The molecule has 3 nitrogen and oxygen atoms in total. The molecule has 21 heavy (non-hydrogen) atoms. The van der Waals surface area contributed by atoms with E-state index in [-0.39, 0.29) is 17.4 Å². The topological polar surface area (TPSA) is 55.1 Å². The predicted octanol–water partition coefficient (Wildman–Crippen LogP) is 3.02. The number of amides is 1. The summed E-state index contributed by atoms with van der Waals surface area (Å²) in [5, 5.41) is 3.24. The van der Waals surface area contributed by atoms with Crippen molar-refractivity contribution in [3.63, 3.8) is 0 Å². The van der Waals surface area contributed by atoms with E-state index in [0.29, 0.717) is 5.41 Å². The molecule has 2 aliphatic carbocycles. The Hall–Kier alpha value is -1.35. The summed E-state index contributed by atoms with van der Waals surface area (Å²) in [5.74, 6) is 0.677. The minimum atomic E-state index is -0.572. The number of hydrogen-bond acceptors (Lipinski definition) is 2. The van der Waals surface area contributed by atoms with Crippen molar-refractivity contribution in [2.45, 2.75) is 52.1 Å². The van der Waals surface area contributed by atoms with Gasteiger partial charge in [0.05, 0.1) is 0 Å². The fraction of sp³-hybridized carbons (Fsp3) is 0.611. The Morgan fingerprint density at radius 3 is 2.48 bits per heavy atom. The summed E-state index contributed by atoms with van der Waals surface area (Å²) in [7, 11) is 0. The normalized spacial score (nSPS) is 34.7. The third kappa shape index (κ3) is 2.10. The first-order valence-corrected chi connectivity index (χ1v) is 7.97. The second-order valence-corrected chi connectivity index (χ2v) is 7.56. The van der Waals surface area contributed by atoms with Gasteiger partial charge in [0.15, 0.2) is 0 Å². The average molecular weight is 286 g/mol. The Kier molecular flexibility index (Phi) is 3.36. The second-order valence-electron chi connectivity index (χ2n) is 7.56. The van der Waals surface area contributed by atoms with E-state index in [1.165, 1.54) is 12.8 Å². The highest BCUT2D eigenvalue weighted by molar-refractivity contribution is 5.83. The number of nitrogens with one attached hydrogen (secondary N) is 1. The maximum atomic E-state index is 12.5. The summed E-state index contributed by atoms with van der Waals surface area (Å²) in [6.45, 7) is 7.04. The smallest absolute Gasteiger partial charge is 0.241 e. The molecule has 3 heteroatoms. The summed E-state index contributed by atoms with van der Waals surface area (Å²) >= 11 is 0. The van der Waals surface area contributed by atoms with Crippen LogP contribution in [-0.4, -0.2) is 11.9 Å². The van der Waals surface area contributed by atoms with E-state index in [9.17, 15) is 4.79 Å². The first-order chi connectivity index (χ1) is 9.86. The molecule has 4 unspecified atom stereocenters. The molecule has 0 heterocycles. The van der Waals surface area contributed by atoms with Gasteiger partial charge in [-0.05, 0) is 41.6 Å². The molecule has 0 saturated heterocycles. The highest BCUT2D eigenvalue weighted by atomic mass is 16.2. The van der Waals surface area contributed by atoms with Crippen LogP contribution in [0, 0.1) is 16.7 Å². The summed E-state index contributed by atoms with van der Waals surface area (Å²) in [4.78, 5) is 12.5. The average Bonchev–Trinajstić information content (AvgIpc) is 2.80. The summed E-state index contributed by atoms with van der Waals surface area (Å²) in [5.41, 5.74) is 7.50. The van der Waals surface area contributed by atoms with Crippen molar-refractivity contribution in [3.05, 3.63) is 35.9 Å². The lowest BCUT2D eigenvalue weighted by Gasteiger charge is -2.39. The Morgan fingerprint density at radius 1 is 1.29 bits per heavy atom. The molecule has 0 spiro atoms. The van der Waals surface area contributed by atoms with Crippen LogP contribution < -0.4 is 11.1 Å². The second kappa shape index (κ2) is 4.84. The Morgan fingerprint density at radius 2 is 1.95 bits per heavy atom. The largest absolute Gasteiger partial charge is 0.351 e. The number of benzene rings is 1. The quantitative estimate of drug-likeness (QED) is 0.897. The predicted molar refractivity (Wildman–Crippen MR) is 84.5 cm³/mol. The molecule has 4 atom stereocenters. The molecular formula is C18H26N2O. The third-order valence-corrected chi connectivity index (χ3v) is 6.55. The molecule has 1 aromatic carbocycles. The van der Waals surface area contributed by atoms with Crippen LogP contribution in [0.1, 0.15) is 51.6 Å². The van der Waals surface area contributed by atoms with E-state index < -0.39 is 6.04 Å². The van der Waals surface area contributed by atoms with E-state index >= 15 is 0 Å². The highest BCUT2D eigenvalue weighted by Gasteiger charge is 2.61. The molecule has 0 radical (unpaired) electrons. The lowest BCUT2D eigenvalue weighted by Crippen LogP contribution is -2.49. The lowest BCUT2D eigenvalue weighted by atomic mass is 9.69. The molecule has 2 saturated carbocycles. The van der Waals surface area contributed by atoms with Crippen molar-refractivity contribution in [3.8, 4) is 0 Å². The van der Waals surface area contributed by atoms with Crippen LogP contribution in [-0.2, 0) is 4.79 Å². The first kappa shape index (κ1) is 14.6. The van der Waals surface area contributed by atoms with Crippen molar-refractivity contribution in [2.75, 3.05) is 0 Å². The minimum Gasteiger partial charge on any atom is -0.351 e. The Balaban J connectivity index is 1.72. The van der Waals surface area contributed by atoms with E-state index in [1.807, 2.05) is 30.3 Å². The molecule has 3 N–H and O–H groups in total. The van der Waals surface area contributed by atoms with Crippen LogP contribution in [0.5, 0.6) is 0 Å². The monoisotopic (exact) mass is 286 g/mol. The minimum absolute atomic E-state index is 0.0456. The maximum absolute atomic E-state index is 12.5. The molecule has 2 fully saturated rings. The first-order valence-electron chi connectivity index (χ1n) is 7.97. The number of fused-ring (bicyclic) bond motifs is 2. The SMILES string of the molecule is CC1(C)C2CCC1(C)C(NC(=O)C(N)c1ccccc1)C2. The van der Waals surface area contributed by atoms with Gasteiger partial charge in [0.2, 0.25) is 5.91 Å². The fourth-order valence-electron chi connectivity index (χ4n) is 4.50. The zero-order chi connectivity index (χ0) is 15.3. The van der Waals surface area contributed by atoms with E-state index in [4.69, 9.17) is 5.73 Å². The molecule has 3 rings (SSSR count). The molecule has 1 amide bonds. The Bertz CT molecular complexity index is 539. The molecule has 0 aliphatic heterocycles. The maximum Gasteiger partial charge on any atom is 0.241 e. The molecule has 2 aliphatic rings. The molecule has 114 valence electrons.